The molecule has 0 fully saturated rings. The molecule has 0 radical (unpaired) electrons. The summed E-state index contributed by atoms with van der Waals surface area (Å²) in [5.74, 6) is 0.192. The van der Waals surface area contributed by atoms with Gasteiger partial charge in [0.2, 0.25) is 0 Å². The van der Waals surface area contributed by atoms with Gasteiger partial charge in [-0.2, -0.15) is 0 Å². The number of nitrogens with zero attached hydrogens (tertiary/aromatic N) is 2. The van der Waals surface area contributed by atoms with E-state index in [1.807, 2.05) is 13.0 Å². The summed E-state index contributed by atoms with van der Waals surface area (Å²) >= 11 is 6.00. The van der Waals surface area contributed by atoms with Gasteiger partial charge in [-0.15, -0.1) is 0 Å². The molecule has 1 unspecified atom stereocenters. The molecule has 2 aliphatic heterocycles. The van der Waals surface area contributed by atoms with Crippen molar-refractivity contribution >= 4 is 23.0 Å². The lowest BCUT2D eigenvalue weighted by Gasteiger charge is -2.19. The highest BCUT2D eigenvalue weighted by atomic mass is 35.5. The van der Waals surface area contributed by atoms with Crippen molar-refractivity contribution < 1.29 is 4.39 Å². The summed E-state index contributed by atoms with van der Waals surface area (Å²) in [7, 11) is 0. The highest BCUT2D eigenvalue weighted by Gasteiger charge is 2.27. The Balaban J connectivity index is 1.97. The highest BCUT2D eigenvalue weighted by molar-refractivity contribution is 6.31. The second-order valence-electron chi connectivity index (χ2n) is 4.37. The molecular formula is C13H13ClFN5. The normalized spacial score (nSPS) is 20.1. The van der Waals surface area contributed by atoms with E-state index in [1.54, 1.807) is 12.4 Å². The number of hydrogen-bond acceptors (Lipinski definition) is 5. The van der Waals surface area contributed by atoms with E-state index in [-0.39, 0.29) is 12.0 Å². The molecule has 0 saturated heterocycles. The SMILES string of the molecule is CCNc1nc(C2=CNC3NC=C(Cl)C=C23)ncc1F. The van der Waals surface area contributed by atoms with Crippen LogP contribution in [0.1, 0.15) is 12.7 Å². The molecule has 5 nitrogen and oxygen atoms in total. The second kappa shape index (κ2) is 5.13. The Bertz CT molecular complexity index is 638. The van der Waals surface area contributed by atoms with Gasteiger partial charge in [0.1, 0.15) is 6.17 Å². The van der Waals surface area contributed by atoms with Crippen LogP contribution in [-0.4, -0.2) is 22.7 Å². The van der Waals surface area contributed by atoms with Crippen LogP contribution >= 0.6 is 11.6 Å². The molecule has 0 amide bonds. The molecule has 3 N–H and O–H groups in total. The zero-order valence-corrected chi connectivity index (χ0v) is 11.5. The number of fused-ring (bicyclic) bond motifs is 1. The number of anilines is 1. The summed E-state index contributed by atoms with van der Waals surface area (Å²) in [5.41, 5.74) is 1.74. The first-order chi connectivity index (χ1) is 9.69. The number of hydrogen-bond donors (Lipinski definition) is 3. The quantitative estimate of drug-likeness (QED) is 0.795. The predicted molar refractivity (Wildman–Crippen MR) is 76.2 cm³/mol. The third-order valence-corrected chi connectivity index (χ3v) is 3.25. The van der Waals surface area contributed by atoms with Gasteiger partial charge in [0.15, 0.2) is 17.5 Å². The van der Waals surface area contributed by atoms with Gasteiger partial charge < -0.3 is 16.0 Å². The van der Waals surface area contributed by atoms with E-state index < -0.39 is 5.82 Å². The van der Waals surface area contributed by atoms with Crippen molar-refractivity contribution in [3.05, 3.63) is 46.9 Å². The maximum Gasteiger partial charge on any atom is 0.183 e. The van der Waals surface area contributed by atoms with Crippen molar-refractivity contribution in [1.29, 1.82) is 0 Å². The Labute approximate surface area is 120 Å². The Kier molecular flexibility index (Phi) is 3.31. The molecule has 1 aromatic rings. The number of halogens is 2. The average molecular weight is 294 g/mol. The lowest BCUT2D eigenvalue weighted by atomic mass is 10.0. The predicted octanol–water partition coefficient (Wildman–Crippen LogP) is 1.93. The van der Waals surface area contributed by atoms with Gasteiger partial charge in [0.25, 0.3) is 0 Å². The van der Waals surface area contributed by atoms with Gasteiger partial charge in [-0.25, -0.2) is 14.4 Å². The van der Waals surface area contributed by atoms with Crippen LogP contribution < -0.4 is 16.0 Å². The van der Waals surface area contributed by atoms with E-state index in [0.29, 0.717) is 17.4 Å². The van der Waals surface area contributed by atoms with Crippen molar-refractivity contribution in [2.75, 3.05) is 11.9 Å². The van der Waals surface area contributed by atoms with Crippen LogP contribution in [0.4, 0.5) is 10.2 Å². The van der Waals surface area contributed by atoms with Crippen LogP contribution in [0.2, 0.25) is 0 Å². The standard InChI is InChI=1S/C13H13ClFN5/c1-2-16-13-10(15)6-19-12(20-13)9-5-18-11-8(9)3-7(14)4-17-11/h3-6,11,17-18H,2H2,1H3,(H,16,19,20). The Morgan fingerprint density at radius 2 is 2.20 bits per heavy atom. The molecule has 0 bridgehead atoms. The van der Waals surface area contributed by atoms with Crippen LogP contribution in [-0.2, 0) is 0 Å². The molecule has 0 spiro atoms. The molecule has 0 saturated carbocycles. The molecule has 0 aliphatic carbocycles. The molecule has 3 heterocycles. The van der Waals surface area contributed by atoms with Gasteiger partial charge in [-0.3, -0.25) is 0 Å². The number of aromatic nitrogens is 2. The van der Waals surface area contributed by atoms with Crippen molar-refractivity contribution in [2.45, 2.75) is 13.1 Å². The van der Waals surface area contributed by atoms with Crippen molar-refractivity contribution in [2.24, 2.45) is 0 Å². The summed E-state index contributed by atoms with van der Waals surface area (Å²) in [4.78, 5) is 8.28. The molecule has 3 rings (SSSR count). The average Bonchev–Trinajstić information content (AvgIpc) is 2.84. The molecule has 1 atom stereocenters. The van der Waals surface area contributed by atoms with Crippen molar-refractivity contribution in [3.8, 4) is 0 Å². The van der Waals surface area contributed by atoms with Crippen LogP contribution in [0.15, 0.2) is 35.3 Å². The zero-order chi connectivity index (χ0) is 14.1. The number of rotatable bonds is 3. The van der Waals surface area contributed by atoms with Crippen LogP contribution in [0.3, 0.4) is 0 Å². The minimum atomic E-state index is -0.465. The molecule has 20 heavy (non-hydrogen) atoms. The van der Waals surface area contributed by atoms with Crippen LogP contribution in [0, 0.1) is 5.82 Å². The lowest BCUT2D eigenvalue weighted by Crippen LogP contribution is -2.36. The van der Waals surface area contributed by atoms with Gasteiger partial charge in [0, 0.05) is 30.1 Å². The molecule has 0 aromatic carbocycles. The fourth-order valence-corrected chi connectivity index (χ4v) is 2.31. The minimum Gasteiger partial charge on any atom is -0.368 e. The summed E-state index contributed by atoms with van der Waals surface area (Å²) in [5, 5.41) is 9.74. The largest absolute Gasteiger partial charge is 0.368 e. The second-order valence-corrected chi connectivity index (χ2v) is 4.81. The smallest absolute Gasteiger partial charge is 0.183 e. The molecular weight excluding hydrogens is 281 g/mol. The van der Waals surface area contributed by atoms with E-state index in [4.69, 9.17) is 11.6 Å². The highest BCUT2D eigenvalue weighted by Crippen LogP contribution is 2.31. The summed E-state index contributed by atoms with van der Waals surface area (Å²) in [6.45, 7) is 2.47. The van der Waals surface area contributed by atoms with E-state index in [9.17, 15) is 4.39 Å². The fourth-order valence-electron chi connectivity index (χ4n) is 2.13. The maximum atomic E-state index is 13.6. The zero-order valence-electron chi connectivity index (χ0n) is 10.7. The van der Waals surface area contributed by atoms with Gasteiger partial charge in [-0.05, 0) is 13.0 Å². The summed E-state index contributed by atoms with van der Waals surface area (Å²) < 4.78 is 13.6. The Morgan fingerprint density at radius 3 is 3.00 bits per heavy atom. The molecule has 104 valence electrons. The minimum absolute atomic E-state index is 0.0521. The number of dihydropyridines is 1. The van der Waals surface area contributed by atoms with Gasteiger partial charge in [0.05, 0.1) is 11.2 Å². The topological polar surface area (TPSA) is 61.9 Å². The third-order valence-electron chi connectivity index (χ3n) is 3.03. The van der Waals surface area contributed by atoms with Crippen molar-refractivity contribution in [1.82, 2.24) is 20.6 Å². The molecule has 7 heteroatoms. The Hall–Kier alpha value is -2.08. The third kappa shape index (κ3) is 2.22. The first-order valence-electron chi connectivity index (χ1n) is 6.25. The van der Waals surface area contributed by atoms with Crippen molar-refractivity contribution in [3.63, 3.8) is 0 Å². The Morgan fingerprint density at radius 1 is 1.40 bits per heavy atom. The van der Waals surface area contributed by atoms with Gasteiger partial charge >= 0.3 is 0 Å². The maximum absolute atomic E-state index is 13.6. The molecule has 1 aromatic heterocycles. The van der Waals surface area contributed by atoms with E-state index >= 15 is 0 Å². The van der Waals surface area contributed by atoms with Crippen LogP contribution in [0.5, 0.6) is 0 Å². The van der Waals surface area contributed by atoms with E-state index in [2.05, 4.69) is 25.9 Å². The van der Waals surface area contributed by atoms with E-state index in [1.165, 1.54) is 6.20 Å². The summed E-state index contributed by atoms with van der Waals surface area (Å²) in [6, 6.07) is 0. The first kappa shape index (κ1) is 12.9. The fraction of sp³-hybridized carbons (Fsp3) is 0.231. The monoisotopic (exact) mass is 293 g/mol. The number of nitrogens with one attached hydrogen (secondary N) is 3. The number of allylic oxidation sites excluding steroid dienone is 2. The lowest BCUT2D eigenvalue weighted by molar-refractivity contribution is 0.616. The first-order valence-corrected chi connectivity index (χ1v) is 6.63. The van der Waals surface area contributed by atoms with Gasteiger partial charge in [-0.1, -0.05) is 11.6 Å². The molecule has 2 aliphatic rings. The van der Waals surface area contributed by atoms with Crippen LogP contribution in [0.25, 0.3) is 5.57 Å². The van der Waals surface area contributed by atoms with E-state index in [0.717, 1.165) is 11.1 Å². The summed E-state index contributed by atoms with van der Waals surface area (Å²) in [6.07, 6.45) is 6.48.